The van der Waals surface area contributed by atoms with Crippen molar-refractivity contribution in [3.63, 3.8) is 0 Å². The van der Waals surface area contributed by atoms with Crippen LogP contribution in [0.15, 0.2) is 61.2 Å². The second-order valence-electron chi connectivity index (χ2n) is 5.92. The molecule has 0 N–H and O–H groups in total. The van der Waals surface area contributed by atoms with Crippen molar-refractivity contribution in [3.05, 3.63) is 83.2 Å². The van der Waals surface area contributed by atoms with E-state index in [1.807, 2.05) is 12.1 Å². The molecule has 0 saturated heterocycles. The maximum absolute atomic E-state index is 13.1. The first-order chi connectivity index (χ1) is 12.1. The van der Waals surface area contributed by atoms with E-state index in [1.165, 1.54) is 18.5 Å². The second-order valence-corrected chi connectivity index (χ2v) is 6.36. The Kier molecular flexibility index (Phi) is 5.11. The number of aromatic nitrogens is 3. The highest BCUT2D eigenvalue weighted by atomic mass is 35.5. The summed E-state index contributed by atoms with van der Waals surface area (Å²) in [6.07, 6.45) is 4.26. The van der Waals surface area contributed by atoms with Crippen LogP contribution >= 0.6 is 11.6 Å². The molecule has 3 rings (SSSR count). The van der Waals surface area contributed by atoms with Crippen molar-refractivity contribution in [3.8, 4) is 6.07 Å². The van der Waals surface area contributed by atoms with Gasteiger partial charge in [-0.2, -0.15) is 10.4 Å². The van der Waals surface area contributed by atoms with Gasteiger partial charge >= 0.3 is 0 Å². The lowest BCUT2D eigenvalue weighted by Gasteiger charge is -2.27. The Morgan fingerprint density at radius 2 is 1.84 bits per heavy atom. The zero-order chi connectivity index (χ0) is 17.7. The minimum absolute atomic E-state index is 0.268. The van der Waals surface area contributed by atoms with Crippen molar-refractivity contribution in [1.29, 1.82) is 5.26 Å². The molecular weight excluding hydrogens is 339 g/mol. The highest BCUT2D eigenvalue weighted by Crippen LogP contribution is 2.32. The van der Waals surface area contributed by atoms with Gasteiger partial charge in [-0.25, -0.2) is 9.37 Å². The number of hydrogen-bond donors (Lipinski definition) is 0. The maximum atomic E-state index is 13.1. The molecule has 0 spiro atoms. The van der Waals surface area contributed by atoms with Gasteiger partial charge in [-0.1, -0.05) is 35.9 Å². The van der Waals surface area contributed by atoms with E-state index in [1.54, 1.807) is 35.3 Å². The number of rotatable bonds is 6. The molecule has 0 amide bonds. The van der Waals surface area contributed by atoms with Gasteiger partial charge in [0.15, 0.2) is 0 Å². The SMILES string of the molecule is N#CC(CCc1ccc(F)cc1)(Cn1cncn1)c1ccc(Cl)cc1. The van der Waals surface area contributed by atoms with Gasteiger partial charge in [0.05, 0.1) is 12.6 Å². The number of hydrogen-bond acceptors (Lipinski definition) is 3. The quantitative estimate of drug-likeness (QED) is 0.667. The highest BCUT2D eigenvalue weighted by molar-refractivity contribution is 6.30. The molecular formula is C19H16ClFN4. The van der Waals surface area contributed by atoms with E-state index >= 15 is 0 Å². The number of nitriles is 1. The fraction of sp³-hybridized carbons (Fsp3) is 0.211. The Labute approximate surface area is 150 Å². The van der Waals surface area contributed by atoms with E-state index in [-0.39, 0.29) is 5.82 Å². The lowest BCUT2D eigenvalue weighted by atomic mass is 9.77. The third-order valence-electron chi connectivity index (χ3n) is 4.26. The first-order valence-corrected chi connectivity index (χ1v) is 8.23. The molecule has 0 fully saturated rings. The van der Waals surface area contributed by atoms with Crippen molar-refractivity contribution >= 4 is 11.6 Å². The standard InChI is InChI=1S/C19H16ClFN4/c20-17-5-3-16(4-6-17)19(11-22,12-25-14-23-13-24-25)10-9-15-1-7-18(21)8-2-15/h1-8,13-14H,9-10,12H2. The summed E-state index contributed by atoms with van der Waals surface area (Å²) < 4.78 is 14.8. The largest absolute Gasteiger partial charge is 0.251 e. The van der Waals surface area contributed by atoms with Gasteiger partial charge in [0.2, 0.25) is 0 Å². The average molecular weight is 355 g/mol. The molecule has 4 nitrogen and oxygen atoms in total. The molecule has 0 saturated carbocycles. The van der Waals surface area contributed by atoms with E-state index in [0.29, 0.717) is 24.4 Å². The molecule has 0 aliphatic rings. The topological polar surface area (TPSA) is 54.5 Å². The molecule has 6 heteroatoms. The smallest absolute Gasteiger partial charge is 0.137 e. The molecule has 0 aliphatic heterocycles. The minimum Gasteiger partial charge on any atom is -0.251 e. The fourth-order valence-electron chi connectivity index (χ4n) is 2.84. The van der Waals surface area contributed by atoms with Crippen LogP contribution in [-0.2, 0) is 18.4 Å². The molecule has 1 heterocycles. The predicted molar refractivity (Wildman–Crippen MR) is 93.5 cm³/mol. The molecule has 2 aromatic carbocycles. The Morgan fingerprint density at radius 1 is 1.12 bits per heavy atom. The lowest BCUT2D eigenvalue weighted by Crippen LogP contribution is -2.31. The summed E-state index contributed by atoms with van der Waals surface area (Å²) in [7, 11) is 0. The van der Waals surface area contributed by atoms with Gasteiger partial charge in [0.25, 0.3) is 0 Å². The third kappa shape index (κ3) is 4.04. The van der Waals surface area contributed by atoms with Crippen molar-refractivity contribution in [2.24, 2.45) is 0 Å². The van der Waals surface area contributed by atoms with Crippen LogP contribution in [0.5, 0.6) is 0 Å². The van der Waals surface area contributed by atoms with E-state index < -0.39 is 5.41 Å². The maximum Gasteiger partial charge on any atom is 0.137 e. The molecule has 0 radical (unpaired) electrons. The summed E-state index contributed by atoms with van der Waals surface area (Å²) in [5.74, 6) is -0.268. The highest BCUT2D eigenvalue weighted by Gasteiger charge is 2.33. The van der Waals surface area contributed by atoms with Crippen LogP contribution in [0, 0.1) is 17.1 Å². The van der Waals surface area contributed by atoms with Gasteiger partial charge in [-0.05, 0) is 48.2 Å². The van der Waals surface area contributed by atoms with Gasteiger partial charge in [0.1, 0.15) is 23.9 Å². The van der Waals surface area contributed by atoms with Crippen molar-refractivity contribution in [1.82, 2.24) is 14.8 Å². The summed E-state index contributed by atoms with van der Waals surface area (Å²) in [6, 6.07) is 16.1. The van der Waals surface area contributed by atoms with Crippen LogP contribution in [0.4, 0.5) is 4.39 Å². The molecule has 25 heavy (non-hydrogen) atoms. The number of aryl methyl sites for hydroxylation is 1. The van der Waals surface area contributed by atoms with Gasteiger partial charge in [0, 0.05) is 5.02 Å². The van der Waals surface area contributed by atoms with Gasteiger partial charge < -0.3 is 0 Å². The number of benzene rings is 2. The second kappa shape index (κ2) is 7.45. The van der Waals surface area contributed by atoms with E-state index in [2.05, 4.69) is 16.2 Å². The zero-order valence-corrected chi connectivity index (χ0v) is 14.2. The minimum atomic E-state index is -0.785. The first kappa shape index (κ1) is 17.1. The molecule has 126 valence electrons. The molecule has 3 aromatic rings. The summed E-state index contributed by atoms with van der Waals surface area (Å²) in [5, 5.41) is 14.8. The first-order valence-electron chi connectivity index (χ1n) is 7.85. The van der Waals surface area contributed by atoms with E-state index in [9.17, 15) is 9.65 Å². The monoisotopic (exact) mass is 354 g/mol. The van der Waals surface area contributed by atoms with Crippen molar-refractivity contribution < 1.29 is 4.39 Å². The Hall–Kier alpha value is -2.71. The zero-order valence-electron chi connectivity index (χ0n) is 13.4. The van der Waals surface area contributed by atoms with Crippen molar-refractivity contribution in [2.45, 2.75) is 24.8 Å². The molecule has 0 bridgehead atoms. The van der Waals surface area contributed by atoms with Crippen LogP contribution in [0.1, 0.15) is 17.5 Å². The van der Waals surface area contributed by atoms with Crippen molar-refractivity contribution in [2.75, 3.05) is 0 Å². The molecule has 0 aliphatic carbocycles. The predicted octanol–water partition coefficient (Wildman–Crippen LogP) is 4.16. The van der Waals surface area contributed by atoms with Crippen LogP contribution in [0.3, 0.4) is 0 Å². The summed E-state index contributed by atoms with van der Waals surface area (Å²) >= 11 is 5.99. The summed E-state index contributed by atoms with van der Waals surface area (Å²) in [5.41, 5.74) is 1.07. The third-order valence-corrected chi connectivity index (χ3v) is 4.52. The number of nitrogens with zero attached hydrogens (tertiary/aromatic N) is 4. The van der Waals surface area contributed by atoms with Crippen LogP contribution < -0.4 is 0 Å². The fourth-order valence-corrected chi connectivity index (χ4v) is 2.97. The normalized spacial score (nSPS) is 13.2. The lowest BCUT2D eigenvalue weighted by molar-refractivity contribution is 0.401. The van der Waals surface area contributed by atoms with Crippen LogP contribution in [-0.4, -0.2) is 14.8 Å². The van der Waals surface area contributed by atoms with Crippen LogP contribution in [0.25, 0.3) is 0 Å². The Morgan fingerprint density at radius 3 is 2.44 bits per heavy atom. The van der Waals surface area contributed by atoms with E-state index in [4.69, 9.17) is 11.6 Å². The van der Waals surface area contributed by atoms with Gasteiger partial charge in [-0.3, -0.25) is 4.68 Å². The van der Waals surface area contributed by atoms with Gasteiger partial charge in [-0.15, -0.1) is 0 Å². The summed E-state index contributed by atoms with van der Waals surface area (Å²) in [4.78, 5) is 3.96. The Bertz CT molecular complexity index is 854. The molecule has 1 unspecified atom stereocenters. The molecule has 1 aromatic heterocycles. The molecule has 1 atom stereocenters. The number of halogens is 2. The van der Waals surface area contributed by atoms with Crippen LogP contribution in [0.2, 0.25) is 5.02 Å². The van der Waals surface area contributed by atoms with E-state index in [0.717, 1.165) is 11.1 Å². The summed E-state index contributed by atoms with van der Waals surface area (Å²) in [6.45, 7) is 0.381. The Balaban J connectivity index is 1.91. The average Bonchev–Trinajstić information content (AvgIpc) is 3.13.